The van der Waals surface area contributed by atoms with E-state index in [1.54, 1.807) is 18.2 Å². The summed E-state index contributed by atoms with van der Waals surface area (Å²) in [5.41, 5.74) is 12.3. The first-order valence-electron chi connectivity index (χ1n) is 4.45. The number of carbonyl (C=O) groups is 1. The molecule has 1 rings (SSSR count). The van der Waals surface area contributed by atoms with E-state index in [4.69, 9.17) is 21.3 Å². The molecule has 5 N–H and O–H groups in total. The van der Waals surface area contributed by atoms with Gasteiger partial charge in [0, 0.05) is 18.2 Å². The van der Waals surface area contributed by atoms with Gasteiger partial charge in [0.15, 0.2) is 0 Å². The maximum atomic E-state index is 10.5. The van der Waals surface area contributed by atoms with E-state index in [1.807, 2.05) is 0 Å². The molecule has 5 nitrogen and oxygen atoms in total. The number of carboxylic acids is 1. The first-order chi connectivity index (χ1) is 7.04. The van der Waals surface area contributed by atoms with Gasteiger partial charge < -0.3 is 21.3 Å². The summed E-state index contributed by atoms with van der Waals surface area (Å²) in [6.07, 6.45) is 0.213. The van der Waals surface area contributed by atoms with Gasteiger partial charge in [-0.1, -0.05) is 6.07 Å². The van der Waals surface area contributed by atoms with E-state index in [0.29, 0.717) is 17.0 Å². The predicted octanol–water partition coefficient (Wildman–Crippen LogP) is 0.232. The molecule has 5 heteroatoms. The predicted molar refractivity (Wildman–Crippen MR) is 56.7 cm³/mol. The van der Waals surface area contributed by atoms with Gasteiger partial charge in [0.1, 0.15) is 11.8 Å². The van der Waals surface area contributed by atoms with Crippen LogP contribution in [0.1, 0.15) is 5.56 Å². The molecule has 0 radical (unpaired) electrons. The Hall–Kier alpha value is -1.75. The number of ether oxygens (including phenoxy) is 1. The summed E-state index contributed by atoms with van der Waals surface area (Å²) in [5, 5.41) is 8.64. The lowest BCUT2D eigenvalue weighted by molar-refractivity contribution is -0.138. The second-order valence-corrected chi connectivity index (χ2v) is 3.21. The summed E-state index contributed by atoms with van der Waals surface area (Å²) < 4.78 is 4.97. The van der Waals surface area contributed by atoms with E-state index < -0.39 is 12.0 Å². The Morgan fingerprint density at radius 1 is 1.60 bits per heavy atom. The van der Waals surface area contributed by atoms with Crippen LogP contribution in [0.2, 0.25) is 0 Å². The van der Waals surface area contributed by atoms with Crippen molar-refractivity contribution < 1.29 is 14.6 Å². The molecule has 82 valence electrons. The third kappa shape index (κ3) is 2.85. The fourth-order valence-electron chi connectivity index (χ4n) is 1.21. The van der Waals surface area contributed by atoms with Gasteiger partial charge in [-0.25, -0.2) is 0 Å². The fraction of sp³-hybridized carbons (Fsp3) is 0.300. The molecule has 0 saturated heterocycles. The molecule has 0 aliphatic carbocycles. The average Bonchev–Trinajstić information content (AvgIpc) is 2.20. The molecule has 0 spiro atoms. The van der Waals surface area contributed by atoms with E-state index in [2.05, 4.69) is 0 Å². The maximum Gasteiger partial charge on any atom is 0.320 e. The van der Waals surface area contributed by atoms with Gasteiger partial charge >= 0.3 is 5.97 Å². The highest BCUT2D eigenvalue weighted by Gasteiger charge is 2.13. The molecule has 1 aromatic carbocycles. The number of nitrogen functional groups attached to an aromatic ring is 1. The van der Waals surface area contributed by atoms with Crippen molar-refractivity contribution in [1.82, 2.24) is 0 Å². The van der Waals surface area contributed by atoms with Crippen LogP contribution in [0, 0.1) is 0 Å². The van der Waals surface area contributed by atoms with Gasteiger partial charge in [0.25, 0.3) is 0 Å². The summed E-state index contributed by atoms with van der Waals surface area (Å²) in [7, 11) is 1.54. The smallest absolute Gasteiger partial charge is 0.320 e. The van der Waals surface area contributed by atoms with Crippen LogP contribution in [0.3, 0.4) is 0 Å². The van der Waals surface area contributed by atoms with Crippen molar-refractivity contribution in [2.45, 2.75) is 12.5 Å². The third-order valence-electron chi connectivity index (χ3n) is 2.11. The second-order valence-electron chi connectivity index (χ2n) is 3.21. The zero-order chi connectivity index (χ0) is 11.4. The minimum absolute atomic E-state index is 0.213. The topological polar surface area (TPSA) is 98.6 Å². The molecule has 0 aliphatic rings. The molecule has 0 aromatic heterocycles. The zero-order valence-corrected chi connectivity index (χ0v) is 8.43. The number of carboxylic acid groups (broad SMARTS) is 1. The Morgan fingerprint density at radius 3 is 2.73 bits per heavy atom. The van der Waals surface area contributed by atoms with Crippen LogP contribution in [0.4, 0.5) is 5.69 Å². The van der Waals surface area contributed by atoms with E-state index in [0.717, 1.165) is 0 Å². The Labute approximate surface area is 87.6 Å². The standard InChI is InChI=1S/C10H14N2O3/c1-15-7-3-2-6(8(11)5-7)4-9(12)10(13)14/h2-3,5,9H,4,11-12H2,1H3,(H,13,14)/t9-/m0/s1. The summed E-state index contributed by atoms with van der Waals surface area (Å²) in [6.45, 7) is 0. The number of hydrogen-bond donors (Lipinski definition) is 3. The molecular formula is C10H14N2O3. The number of rotatable bonds is 4. The van der Waals surface area contributed by atoms with Crippen molar-refractivity contribution in [2.24, 2.45) is 5.73 Å². The molecule has 1 atom stereocenters. The van der Waals surface area contributed by atoms with Gasteiger partial charge in [0.2, 0.25) is 0 Å². The van der Waals surface area contributed by atoms with Crippen LogP contribution < -0.4 is 16.2 Å². The quantitative estimate of drug-likeness (QED) is 0.618. The Bertz CT molecular complexity index is 366. The van der Waals surface area contributed by atoms with Crippen molar-refractivity contribution in [3.8, 4) is 5.75 Å². The van der Waals surface area contributed by atoms with Gasteiger partial charge in [-0.2, -0.15) is 0 Å². The Morgan fingerprint density at radius 2 is 2.27 bits per heavy atom. The first-order valence-corrected chi connectivity index (χ1v) is 4.45. The average molecular weight is 210 g/mol. The van der Waals surface area contributed by atoms with Crippen LogP contribution in [0.25, 0.3) is 0 Å². The van der Waals surface area contributed by atoms with Gasteiger partial charge in [-0.15, -0.1) is 0 Å². The van der Waals surface area contributed by atoms with Crippen LogP contribution in [0.5, 0.6) is 5.75 Å². The van der Waals surface area contributed by atoms with E-state index in [9.17, 15) is 4.79 Å². The highest BCUT2D eigenvalue weighted by molar-refractivity contribution is 5.74. The van der Waals surface area contributed by atoms with Crippen LogP contribution in [-0.4, -0.2) is 24.2 Å². The summed E-state index contributed by atoms with van der Waals surface area (Å²) in [6, 6.07) is 4.15. The lowest BCUT2D eigenvalue weighted by Gasteiger charge is -2.10. The van der Waals surface area contributed by atoms with Crippen molar-refractivity contribution in [1.29, 1.82) is 0 Å². The molecule has 0 heterocycles. The number of anilines is 1. The molecular weight excluding hydrogens is 196 g/mol. The minimum Gasteiger partial charge on any atom is -0.497 e. The SMILES string of the molecule is COc1ccc(C[C@H](N)C(=O)O)c(N)c1. The van der Waals surface area contributed by atoms with Gasteiger partial charge in [-0.05, 0) is 11.6 Å². The minimum atomic E-state index is -1.04. The van der Waals surface area contributed by atoms with E-state index in [-0.39, 0.29) is 6.42 Å². The molecule has 0 saturated carbocycles. The number of aliphatic carboxylic acids is 1. The van der Waals surface area contributed by atoms with E-state index in [1.165, 1.54) is 7.11 Å². The number of methoxy groups -OCH3 is 1. The zero-order valence-electron chi connectivity index (χ0n) is 8.43. The Kier molecular flexibility index (Phi) is 3.51. The molecule has 1 aromatic rings. The summed E-state index contributed by atoms with van der Waals surface area (Å²) in [4.78, 5) is 10.5. The lowest BCUT2D eigenvalue weighted by Crippen LogP contribution is -2.32. The molecule has 0 aliphatic heterocycles. The molecule has 0 bridgehead atoms. The molecule has 0 fully saturated rings. The van der Waals surface area contributed by atoms with Gasteiger partial charge in [-0.3, -0.25) is 4.79 Å². The highest BCUT2D eigenvalue weighted by atomic mass is 16.5. The second kappa shape index (κ2) is 4.65. The number of hydrogen-bond acceptors (Lipinski definition) is 4. The fourth-order valence-corrected chi connectivity index (χ4v) is 1.21. The van der Waals surface area contributed by atoms with Gasteiger partial charge in [0.05, 0.1) is 7.11 Å². The summed E-state index contributed by atoms with van der Waals surface area (Å²) >= 11 is 0. The molecule has 15 heavy (non-hydrogen) atoms. The summed E-state index contributed by atoms with van der Waals surface area (Å²) in [5.74, 6) is -0.398. The highest BCUT2D eigenvalue weighted by Crippen LogP contribution is 2.20. The maximum absolute atomic E-state index is 10.5. The molecule has 0 unspecified atom stereocenters. The normalized spacial score (nSPS) is 12.1. The Balaban J connectivity index is 2.82. The third-order valence-corrected chi connectivity index (χ3v) is 2.11. The van der Waals surface area contributed by atoms with Crippen molar-refractivity contribution in [2.75, 3.05) is 12.8 Å². The largest absolute Gasteiger partial charge is 0.497 e. The monoisotopic (exact) mass is 210 g/mol. The number of nitrogens with two attached hydrogens (primary N) is 2. The van der Waals surface area contributed by atoms with E-state index >= 15 is 0 Å². The van der Waals surface area contributed by atoms with Crippen molar-refractivity contribution in [3.63, 3.8) is 0 Å². The lowest BCUT2D eigenvalue weighted by atomic mass is 10.0. The van der Waals surface area contributed by atoms with Crippen molar-refractivity contribution >= 4 is 11.7 Å². The number of benzene rings is 1. The van der Waals surface area contributed by atoms with Crippen LogP contribution in [0.15, 0.2) is 18.2 Å². The molecule has 0 amide bonds. The van der Waals surface area contributed by atoms with Crippen LogP contribution >= 0.6 is 0 Å². The van der Waals surface area contributed by atoms with Crippen LogP contribution in [-0.2, 0) is 11.2 Å². The first kappa shape index (κ1) is 11.3. The van der Waals surface area contributed by atoms with Crippen molar-refractivity contribution in [3.05, 3.63) is 23.8 Å².